The quantitative estimate of drug-likeness (QED) is 0.512. The van der Waals surface area contributed by atoms with Gasteiger partial charge in [-0.25, -0.2) is 0 Å². The maximum Gasteiger partial charge on any atom is 0.0695 e. The van der Waals surface area contributed by atoms with Gasteiger partial charge in [0.1, 0.15) is 0 Å². The van der Waals surface area contributed by atoms with Crippen molar-refractivity contribution < 1.29 is 9.84 Å². The van der Waals surface area contributed by atoms with Gasteiger partial charge in [0, 0.05) is 19.8 Å². The first-order valence-electron chi connectivity index (χ1n) is 9.70. The average molecular weight is 314 g/mol. The van der Waals surface area contributed by atoms with E-state index in [0.717, 1.165) is 13.0 Å². The maximum atomic E-state index is 10.4. The van der Waals surface area contributed by atoms with E-state index in [1.54, 1.807) is 7.11 Å². The van der Waals surface area contributed by atoms with E-state index < -0.39 is 0 Å². The summed E-state index contributed by atoms with van der Waals surface area (Å²) in [7, 11) is 1.78. The molecule has 0 aliphatic heterocycles. The predicted octanol–water partition coefficient (Wildman–Crippen LogP) is 4.38. The summed E-state index contributed by atoms with van der Waals surface area (Å²) in [6.45, 7) is 5.51. The first-order valence-corrected chi connectivity index (χ1v) is 9.70. The maximum absolute atomic E-state index is 10.4. The second kappa shape index (κ2) is 13.3. The molecule has 0 spiro atoms. The van der Waals surface area contributed by atoms with Gasteiger partial charge in [0.15, 0.2) is 0 Å². The van der Waals surface area contributed by atoms with Crippen LogP contribution in [0, 0.1) is 0 Å². The largest absolute Gasteiger partial charge is 0.391 e. The van der Waals surface area contributed by atoms with Crippen LogP contribution in [-0.2, 0) is 4.74 Å². The van der Waals surface area contributed by atoms with E-state index in [4.69, 9.17) is 4.74 Å². The van der Waals surface area contributed by atoms with Gasteiger partial charge in [-0.05, 0) is 45.2 Å². The molecule has 0 bridgehead atoms. The third-order valence-electron chi connectivity index (χ3n) is 5.01. The molecule has 2 unspecified atom stereocenters. The highest BCUT2D eigenvalue weighted by Crippen LogP contribution is 2.24. The van der Waals surface area contributed by atoms with Crippen LogP contribution in [0.25, 0.3) is 0 Å². The summed E-state index contributed by atoms with van der Waals surface area (Å²) in [5, 5.41) is 10.4. The monoisotopic (exact) mass is 313 g/mol. The predicted molar refractivity (Wildman–Crippen MR) is 94.3 cm³/mol. The summed E-state index contributed by atoms with van der Waals surface area (Å²) >= 11 is 0. The zero-order chi connectivity index (χ0) is 16.0. The average Bonchev–Trinajstić information content (AvgIpc) is 2.53. The van der Waals surface area contributed by atoms with Crippen LogP contribution < -0.4 is 0 Å². The highest BCUT2D eigenvalue weighted by molar-refractivity contribution is 4.83. The molecular weight excluding hydrogens is 274 g/mol. The van der Waals surface area contributed by atoms with E-state index in [0.29, 0.717) is 6.04 Å². The first kappa shape index (κ1) is 19.9. The Labute approximate surface area is 138 Å². The van der Waals surface area contributed by atoms with Crippen LogP contribution in [0.15, 0.2) is 0 Å². The van der Waals surface area contributed by atoms with Crippen molar-refractivity contribution in [1.82, 2.24) is 4.90 Å². The Morgan fingerprint density at radius 1 is 0.909 bits per heavy atom. The third-order valence-corrected chi connectivity index (χ3v) is 5.01. The van der Waals surface area contributed by atoms with Crippen LogP contribution in [0.4, 0.5) is 0 Å². The zero-order valence-electron chi connectivity index (χ0n) is 15.1. The van der Waals surface area contributed by atoms with Gasteiger partial charge in [-0.15, -0.1) is 0 Å². The Kier molecular flexibility index (Phi) is 12.1. The second-order valence-corrected chi connectivity index (χ2v) is 6.92. The van der Waals surface area contributed by atoms with Crippen molar-refractivity contribution in [2.75, 3.05) is 26.8 Å². The molecule has 2 atom stereocenters. The Morgan fingerprint density at radius 3 is 2.18 bits per heavy atom. The summed E-state index contributed by atoms with van der Waals surface area (Å²) in [4.78, 5) is 2.61. The minimum atomic E-state index is -0.0894. The molecule has 1 fully saturated rings. The number of hydrogen-bond donors (Lipinski definition) is 1. The van der Waals surface area contributed by atoms with Gasteiger partial charge in [-0.1, -0.05) is 51.9 Å². The second-order valence-electron chi connectivity index (χ2n) is 6.92. The van der Waals surface area contributed by atoms with Gasteiger partial charge in [0.2, 0.25) is 0 Å². The molecule has 132 valence electrons. The first-order chi connectivity index (χ1) is 10.8. The number of nitrogens with zero attached hydrogens (tertiary/aromatic N) is 1. The number of unbranched alkanes of at least 4 members (excludes halogenated alkanes) is 6. The highest BCUT2D eigenvalue weighted by atomic mass is 16.5. The van der Waals surface area contributed by atoms with Gasteiger partial charge in [-0.3, -0.25) is 4.90 Å². The van der Waals surface area contributed by atoms with Gasteiger partial charge >= 0.3 is 0 Å². The molecule has 1 aliphatic rings. The number of aliphatic hydroxyl groups is 1. The van der Waals surface area contributed by atoms with Crippen LogP contribution in [0.1, 0.15) is 84.0 Å². The summed E-state index contributed by atoms with van der Waals surface area (Å²) in [6.07, 6.45) is 14.9. The third kappa shape index (κ3) is 8.50. The summed E-state index contributed by atoms with van der Waals surface area (Å²) in [6, 6.07) is 0.425. The standard InChI is InChI=1S/C19H39NO2/c1-3-4-5-10-15-20(16-11-6-7-12-17-22-2)18-13-8-9-14-19(18)21/h18-19,21H,3-17H2,1-2H3. The lowest BCUT2D eigenvalue weighted by Gasteiger charge is -2.38. The molecule has 0 amide bonds. The van der Waals surface area contributed by atoms with Crippen molar-refractivity contribution in [1.29, 1.82) is 0 Å². The van der Waals surface area contributed by atoms with Crippen molar-refractivity contribution in [2.24, 2.45) is 0 Å². The van der Waals surface area contributed by atoms with Gasteiger partial charge < -0.3 is 9.84 Å². The molecule has 1 saturated carbocycles. The minimum absolute atomic E-state index is 0.0894. The van der Waals surface area contributed by atoms with Crippen LogP contribution in [-0.4, -0.2) is 49.0 Å². The molecule has 3 heteroatoms. The molecule has 22 heavy (non-hydrogen) atoms. The van der Waals surface area contributed by atoms with Crippen molar-refractivity contribution >= 4 is 0 Å². The van der Waals surface area contributed by atoms with Gasteiger partial charge in [-0.2, -0.15) is 0 Å². The number of aliphatic hydroxyl groups excluding tert-OH is 1. The van der Waals surface area contributed by atoms with E-state index in [9.17, 15) is 5.11 Å². The topological polar surface area (TPSA) is 32.7 Å². The molecule has 0 radical (unpaired) electrons. The number of rotatable bonds is 13. The van der Waals surface area contributed by atoms with Crippen LogP contribution >= 0.6 is 0 Å². The molecule has 1 rings (SSSR count). The fourth-order valence-electron chi connectivity index (χ4n) is 3.62. The number of hydrogen-bond acceptors (Lipinski definition) is 3. The summed E-state index contributed by atoms with van der Waals surface area (Å²) < 4.78 is 5.11. The van der Waals surface area contributed by atoms with Gasteiger partial charge in [0.05, 0.1) is 6.10 Å². The van der Waals surface area contributed by atoms with Crippen molar-refractivity contribution in [3.8, 4) is 0 Å². The molecule has 1 N–H and O–H groups in total. The summed E-state index contributed by atoms with van der Waals surface area (Å²) in [5.74, 6) is 0. The highest BCUT2D eigenvalue weighted by Gasteiger charge is 2.27. The molecule has 3 nitrogen and oxygen atoms in total. The van der Waals surface area contributed by atoms with E-state index in [-0.39, 0.29) is 6.10 Å². The molecule has 0 aromatic heterocycles. The Balaban J connectivity index is 2.29. The number of ether oxygens (including phenoxy) is 1. The lowest BCUT2D eigenvalue weighted by Crippen LogP contribution is -2.46. The normalized spacial score (nSPS) is 22.4. The molecule has 1 aliphatic carbocycles. The molecule has 0 heterocycles. The minimum Gasteiger partial charge on any atom is -0.391 e. The molecule has 0 saturated heterocycles. The van der Waals surface area contributed by atoms with E-state index in [1.807, 2.05) is 0 Å². The molecule has 0 aromatic rings. The fourth-order valence-corrected chi connectivity index (χ4v) is 3.62. The zero-order valence-corrected chi connectivity index (χ0v) is 15.1. The molecular formula is C19H39NO2. The number of methoxy groups -OCH3 is 1. The molecule has 0 aromatic carbocycles. The smallest absolute Gasteiger partial charge is 0.0695 e. The van der Waals surface area contributed by atoms with Crippen LogP contribution in [0.5, 0.6) is 0 Å². The SMILES string of the molecule is CCCCCCN(CCCCCCOC)C1CCCCC1O. The summed E-state index contributed by atoms with van der Waals surface area (Å²) in [5.41, 5.74) is 0. The Hall–Kier alpha value is -0.120. The van der Waals surface area contributed by atoms with E-state index in [2.05, 4.69) is 11.8 Å². The lowest BCUT2D eigenvalue weighted by atomic mass is 9.91. The Bertz CT molecular complexity index is 248. The van der Waals surface area contributed by atoms with Crippen molar-refractivity contribution in [3.05, 3.63) is 0 Å². The van der Waals surface area contributed by atoms with Crippen LogP contribution in [0.3, 0.4) is 0 Å². The fraction of sp³-hybridized carbons (Fsp3) is 1.00. The lowest BCUT2D eigenvalue weighted by molar-refractivity contribution is 0.0179. The van der Waals surface area contributed by atoms with E-state index in [1.165, 1.54) is 83.7 Å². The Morgan fingerprint density at radius 2 is 1.55 bits per heavy atom. The van der Waals surface area contributed by atoms with E-state index >= 15 is 0 Å². The van der Waals surface area contributed by atoms with Gasteiger partial charge in [0.25, 0.3) is 0 Å². The van der Waals surface area contributed by atoms with Crippen molar-refractivity contribution in [2.45, 2.75) is 96.1 Å². The van der Waals surface area contributed by atoms with Crippen LogP contribution in [0.2, 0.25) is 0 Å². The van der Waals surface area contributed by atoms with Crippen molar-refractivity contribution in [3.63, 3.8) is 0 Å².